The molecule has 2 aromatic rings. The molecule has 0 saturated carbocycles. The summed E-state index contributed by atoms with van der Waals surface area (Å²) in [5.41, 5.74) is 0.336. The molecule has 1 fully saturated rings. The van der Waals surface area contributed by atoms with Crippen LogP contribution in [0.4, 0.5) is 0 Å². The molecule has 1 saturated heterocycles. The molecule has 0 spiro atoms. The molecular formula is C20H27N3O3. The Balaban J connectivity index is 1.87. The average Bonchev–Trinajstić information content (AvgIpc) is 2.66. The number of fused-ring (bicyclic) bond motifs is 1. The number of nitrogens with zero attached hydrogens (tertiary/aromatic N) is 3. The molecule has 0 unspecified atom stereocenters. The van der Waals surface area contributed by atoms with Crippen LogP contribution >= 0.6 is 0 Å². The third-order valence-electron chi connectivity index (χ3n) is 4.95. The van der Waals surface area contributed by atoms with E-state index in [0.717, 1.165) is 19.3 Å². The van der Waals surface area contributed by atoms with Crippen LogP contribution in [-0.4, -0.2) is 45.5 Å². The van der Waals surface area contributed by atoms with Gasteiger partial charge in [-0.25, -0.2) is 4.98 Å². The van der Waals surface area contributed by atoms with Crippen LogP contribution in [-0.2, 0) is 4.74 Å². The van der Waals surface area contributed by atoms with Crippen LogP contribution in [0.2, 0.25) is 0 Å². The van der Waals surface area contributed by atoms with Crippen molar-refractivity contribution in [3.63, 3.8) is 0 Å². The molecule has 0 aliphatic carbocycles. The predicted molar refractivity (Wildman–Crippen MR) is 100 cm³/mol. The summed E-state index contributed by atoms with van der Waals surface area (Å²) in [4.78, 5) is 31.8. The van der Waals surface area contributed by atoms with E-state index < -0.39 is 0 Å². The lowest BCUT2D eigenvalue weighted by atomic mass is 10.0. The molecule has 2 atom stereocenters. The largest absolute Gasteiger partial charge is 0.371 e. The molecule has 3 rings (SSSR count). The van der Waals surface area contributed by atoms with Crippen LogP contribution < -0.4 is 5.56 Å². The van der Waals surface area contributed by atoms with Gasteiger partial charge in [-0.15, -0.1) is 0 Å². The lowest BCUT2D eigenvalue weighted by Crippen LogP contribution is -2.52. The minimum Gasteiger partial charge on any atom is -0.371 e. The van der Waals surface area contributed by atoms with E-state index in [0.29, 0.717) is 24.7 Å². The summed E-state index contributed by atoms with van der Waals surface area (Å²) in [6.45, 7) is 7.38. The number of amides is 1. The summed E-state index contributed by atoms with van der Waals surface area (Å²) < 4.78 is 7.59. The zero-order chi connectivity index (χ0) is 18.7. The van der Waals surface area contributed by atoms with Gasteiger partial charge < -0.3 is 9.64 Å². The number of aromatic nitrogens is 2. The number of carbonyl (C=O) groups is 1. The number of rotatable bonds is 5. The van der Waals surface area contributed by atoms with Crippen molar-refractivity contribution in [2.45, 2.75) is 52.2 Å². The maximum Gasteiger partial charge on any atom is 0.270 e. The van der Waals surface area contributed by atoms with E-state index in [1.165, 1.54) is 10.6 Å². The Labute approximate surface area is 153 Å². The Bertz CT molecular complexity index is 830. The first kappa shape index (κ1) is 18.6. The highest BCUT2D eigenvalue weighted by Crippen LogP contribution is 2.22. The smallest absolute Gasteiger partial charge is 0.270 e. The first-order chi connectivity index (χ1) is 12.5. The average molecular weight is 357 g/mol. The van der Waals surface area contributed by atoms with E-state index in [1.807, 2.05) is 6.07 Å². The fourth-order valence-corrected chi connectivity index (χ4v) is 3.34. The number of ether oxygens (including phenoxy) is 1. The molecule has 1 aliphatic heterocycles. The maximum atomic E-state index is 13.1. The zero-order valence-electron chi connectivity index (χ0n) is 15.7. The normalized spacial score (nSPS) is 20.7. The van der Waals surface area contributed by atoms with Crippen LogP contribution in [0.15, 0.2) is 35.4 Å². The van der Waals surface area contributed by atoms with Gasteiger partial charge in [-0.1, -0.05) is 39.7 Å². The lowest BCUT2D eigenvalue weighted by molar-refractivity contribution is -0.0963. The number of unbranched alkanes of at least 4 members (excludes halogenated alkanes) is 1. The van der Waals surface area contributed by atoms with E-state index in [4.69, 9.17) is 4.74 Å². The lowest BCUT2D eigenvalue weighted by Gasteiger charge is -2.39. The van der Waals surface area contributed by atoms with Gasteiger partial charge >= 0.3 is 0 Å². The summed E-state index contributed by atoms with van der Waals surface area (Å²) in [6.07, 6.45) is 6.15. The summed E-state index contributed by atoms with van der Waals surface area (Å²) in [6, 6.07) is 5.32. The van der Waals surface area contributed by atoms with Crippen molar-refractivity contribution in [3.05, 3.63) is 46.5 Å². The van der Waals surface area contributed by atoms with Crippen LogP contribution in [0.1, 0.15) is 50.4 Å². The molecule has 0 radical (unpaired) electrons. The topological polar surface area (TPSA) is 63.9 Å². The summed E-state index contributed by atoms with van der Waals surface area (Å²) in [5.74, 6) is 0.0572. The standard InChI is InChI=1S/C20H27N3O3/c1-4-5-8-15-12-22(13-17(26-15)14(2)3)19(24)16-11-21-18-9-6-7-10-23(18)20(16)25/h6-7,9-11,14-15,17H,4-5,8,12-13H2,1-3H3/t15-,17-/m1/s1. The molecule has 1 aliphatic rings. The van der Waals surface area contributed by atoms with E-state index in [1.54, 1.807) is 23.2 Å². The maximum absolute atomic E-state index is 13.1. The first-order valence-corrected chi connectivity index (χ1v) is 9.42. The molecule has 6 nitrogen and oxygen atoms in total. The zero-order valence-corrected chi connectivity index (χ0v) is 15.7. The molecule has 2 aromatic heterocycles. The van der Waals surface area contributed by atoms with Crippen molar-refractivity contribution in [1.29, 1.82) is 0 Å². The highest BCUT2D eigenvalue weighted by molar-refractivity contribution is 5.93. The van der Waals surface area contributed by atoms with Gasteiger partial charge in [-0.2, -0.15) is 0 Å². The molecule has 0 aromatic carbocycles. The number of carbonyl (C=O) groups excluding carboxylic acids is 1. The van der Waals surface area contributed by atoms with Gasteiger partial charge in [0.2, 0.25) is 0 Å². The minimum atomic E-state index is -0.321. The second-order valence-electron chi connectivity index (χ2n) is 7.30. The molecule has 0 N–H and O–H groups in total. The van der Waals surface area contributed by atoms with Crippen molar-refractivity contribution in [1.82, 2.24) is 14.3 Å². The van der Waals surface area contributed by atoms with E-state index in [2.05, 4.69) is 25.8 Å². The van der Waals surface area contributed by atoms with Crippen molar-refractivity contribution in [3.8, 4) is 0 Å². The van der Waals surface area contributed by atoms with E-state index >= 15 is 0 Å². The Kier molecular flexibility index (Phi) is 5.71. The van der Waals surface area contributed by atoms with Crippen LogP contribution in [0.5, 0.6) is 0 Å². The third-order valence-corrected chi connectivity index (χ3v) is 4.95. The Morgan fingerprint density at radius 2 is 2.15 bits per heavy atom. The van der Waals surface area contributed by atoms with Gasteiger partial charge in [0.15, 0.2) is 0 Å². The summed E-state index contributed by atoms with van der Waals surface area (Å²) >= 11 is 0. The monoisotopic (exact) mass is 357 g/mol. The Morgan fingerprint density at radius 3 is 2.88 bits per heavy atom. The molecule has 140 valence electrons. The predicted octanol–water partition coefficient (Wildman–Crippen LogP) is 2.75. The Morgan fingerprint density at radius 1 is 1.35 bits per heavy atom. The second-order valence-corrected chi connectivity index (χ2v) is 7.30. The number of hydrogen-bond donors (Lipinski definition) is 0. The fourth-order valence-electron chi connectivity index (χ4n) is 3.34. The van der Waals surface area contributed by atoms with Crippen molar-refractivity contribution >= 4 is 11.6 Å². The van der Waals surface area contributed by atoms with Crippen LogP contribution in [0.3, 0.4) is 0 Å². The fraction of sp³-hybridized carbons (Fsp3) is 0.550. The first-order valence-electron chi connectivity index (χ1n) is 9.42. The van der Waals surface area contributed by atoms with E-state index in [9.17, 15) is 9.59 Å². The van der Waals surface area contributed by atoms with Gasteiger partial charge in [0.1, 0.15) is 11.2 Å². The van der Waals surface area contributed by atoms with Crippen molar-refractivity contribution in [2.75, 3.05) is 13.1 Å². The van der Waals surface area contributed by atoms with Gasteiger partial charge in [0.25, 0.3) is 11.5 Å². The SMILES string of the molecule is CCCC[C@@H]1CN(C(=O)c2cnc3ccccn3c2=O)C[C@H](C(C)C)O1. The molecule has 3 heterocycles. The highest BCUT2D eigenvalue weighted by Gasteiger charge is 2.33. The number of morpholine rings is 1. The van der Waals surface area contributed by atoms with Crippen molar-refractivity contribution < 1.29 is 9.53 Å². The quantitative estimate of drug-likeness (QED) is 0.825. The summed E-state index contributed by atoms with van der Waals surface area (Å²) in [5, 5.41) is 0. The number of pyridine rings is 1. The van der Waals surface area contributed by atoms with Gasteiger partial charge in [0, 0.05) is 25.5 Å². The van der Waals surface area contributed by atoms with Gasteiger partial charge in [-0.3, -0.25) is 14.0 Å². The highest BCUT2D eigenvalue weighted by atomic mass is 16.5. The third kappa shape index (κ3) is 3.80. The number of hydrogen-bond acceptors (Lipinski definition) is 4. The minimum absolute atomic E-state index is 0.00859. The van der Waals surface area contributed by atoms with Crippen molar-refractivity contribution in [2.24, 2.45) is 5.92 Å². The second kappa shape index (κ2) is 7.99. The summed E-state index contributed by atoms with van der Waals surface area (Å²) in [7, 11) is 0. The van der Waals surface area contributed by atoms with Crippen LogP contribution in [0, 0.1) is 5.92 Å². The van der Waals surface area contributed by atoms with E-state index in [-0.39, 0.29) is 29.2 Å². The van der Waals surface area contributed by atoms with Gasteiger partial charge in [0.05, 0.1) is 12.2 Å². The molecular weight excluding hydrogens is 330 g/mol. The molecule has 6 heteroatoms. The molecule has 1 amide bonds. The van der Waals surface area contributed by atoms with Crippen LogP contribution in [0.25, 0.3) is 5.65 Å². The Hall–Kier alpha value is -2.21. The van der Waals surface area contributed by atoms with Gasteiger partial charge in [-0.05, 0) is 24.5 Å². The molecule has 26 heavy (non-hydrogen) atoms. The molecule has 0 bridgehead atoms.